The summed E-state index contributed by atoms with van der Waals surface area (Å²) in [6.45, 7) is 5.19. The number of aliphatic hydroxyl groups is 5. The maximum absolute atomic E-state index is 11.9. The van der Waals surface area contributed by atoms with E-state index in [-0.39, 0.29) is 23.9 Å². The molecule has 0 aromatic rings. The van der Waals surface area contributed by atoms with Gasteiger partial charge < -0.3 is 35.0 Å². The van der Waals surface area contributed by atoms with Gasteiger partial charge in [0.1, 0.15) is 24.4 Å². The van der Waals surface area contributed by atoms with E-state index in [4.69, 9.17) is 9.47 Å². The lowest BCUT2D eigenvalue weighted by Gasteiger charge is -2.75. The second kappa shape index (κ2) is 5.97. The lowest BCUT2D eigenvalue weighted by atomic mass is 9.36. The zero-order valence-corrected chi connectivity index (χ0v) is 17.9. The van der Waals surface area contributed by atoms with Gasteiger partial charge in [-0.15, -0.1) is 0 Å². The molecule has 4 bridgehead atoms. The van der Waals surface area contributed by atoms with E-state index in [1.165, 1.54) is 6.92 Å². The van der Waals surface area contributed by atoms with E-state index < -0.39 is 59.0 Å². The smallest absolute Gasteiger partial charge is 0.302 e. The van der Waals surface area contributed by atoms with Gasteiger partial charge in [0.25, 0.3) is 0 Å². The Kier molecular flexibility index (Phi) is 4.20. The number of hydrogen-bond donors (Lipinski definition) is 5. The maximum Gasteiger partial charge on any atom is 0.302 e. The molecule has 8 heteroatoms. The number of aliphatic hydroxyl groups excluding tert-OH is 3. The zero-order chi connectivity index (χ0) is 21.9. The predicted octanol–water partition coefficient (Wildman–Crippen LogP) is -0.0654. The molecule has 6 aliphatic rings. The van der Waals surface area contributed by atoms with Gasteiger partial charge in [-0.05, 0) is 37.0 Å². The SMILES string of the molecule is CC(=O)OC[C@@]1(O)[C@@H]2CC[C@H]3[C@]45CCCC(C)(C)[C@H]4[C@H](O)[C@@](O)(OC5)[C@@]3([C@@H]1O)[C@H]2O. The molecule has 2 saturated heterocycles. The summed E-state index contributed by atoms with van der Waals surface area (Å²) in [5, 5.41) is 57.9. The van der Waals surface area contributed by atoms with Crippen LogP contribution < -0.4 is 0 Å². The van der Waals surface area contributed by atoms with Gasteiger partial charge in [-0.3, -0.25) is 4.79 Å². The van der Waals surface area contributed by atoms with Gasteiger partial charge >= 0.3 is 5.97 Å². The highest BCUT2D eigenvalue weighted by Crippen LogP contribution is 2.77. The summed E-state index contributed by atoms with van der Waals surface area (Å²) in [4.78, 5) is 11.4. The first kappa shape index (κ1) is 21.1. The molecular formula is C22H34O8. The fraction of sp³-hybridized carbons (Fsp3) is 0.955. The van der Waals surface area contributed by atoms with Gasteiger partial charge in [0.15, 0.2) is 0 Å². The topological polar surface area (TPSA) is 137 Å². The monoisotopic (exact) mass is 426 g/mol. The van der Waals surface area contributed by atoms with Crippen molar-refractivity contribution < 1.29 is 39.8 Å². The summed E-state index contributed by atoms with van der Waals surface area (Å²) >= 11 is 0. The van der Waals surface area contributed by atoms with Crippen LogP contribution in [0.4, 0.5) is 0 Å². The van der Waals surface area contributed by atoms with Crippen LogP contribution in [0.3, 0.4) is 0 Å². The number of esters is 1. The van der Waals surface area contributed by atoms with Crippen LogP contribution in [0.1, 0.15) is 52.9 Å². The normalized spacial score (nSPS) is 58.1. The van der Waals surface area contributed by atoms with Crippen LogP contribution in [0.15, 0.2) is 0 Å². The molecule has 2 heterocycles. The molecule has 0 radical (unpaired) electrons. The molecule has 6 rings (SSSR count). The van der Waals surface area contributed by atoms with Crippen molar-refractivity contribution in [1.82, 2.24) is 0 Å². The van der Waals surface area contributed by atoms with Crippen LogP contribution in [0, 0.1) is 34.0 Å². The quantitative estimate of drug-likeness (QED) is 0.387. The van der Waals surface area contributed by atoms with E-state index in [9.17, 15) is 30.3 Å². The van der Waals surface area contributed by atoms with Gasteiger partial charge in [0.2, 0.25) is 5.79 Å². The first-order valence-electron chi connectivity index (χ1n) is 11.2. The van der Waals surface area contributed by atoms with Gasteiger partial charge in [0.05, 0.1) is 18.1 Å². The number of hydrogen-bond acceptors (Lipinski definition) is 8. The Hall–Kier alpha value is -0.770. The highest BCUT2D eigenvalue weighted by Gasteiger charge is 2.88. The van der Waals surface area contributed by atoms with E-state index in [1.807, 2.05) is 0 Å². The highest BCUT2D eigenvalue weighted by molar-refractivity contribution is 5.66. The van der Waals surface area contributed by atoms with Crippen LogP contribution in [0.5, 0.6) is 0 Å². The summed E-state index contributed by atoms with van der Waals surface area (Å²) < 4.78 is 11.0. The Morgan fingerprint density at radius 3 is 2.47 bits per heavy atom. The molecule has 2 aliphatic heterocycles. The molecule has 2 spiro atoms. The third kappa shape index (κ3) is 2.02. The van der Waals surface area contributed by atoms with Crippen molar-refractivity contribution in [2.75, 3.05) is 13.2 Å². The summed E-state index contributed by atoms with van der Waals surface area (Å²) in [6, 6.07) is 0. The standard InChI is InChI=1S/C22H34O8/c1-11(23)29-10-20(27)12-5-6-13-19-8-4-7-18(2,3)14(19)16(25)22(28,30-9-19)21(13,15(12)24)17(20)26/h12-17,24-28H,4-10H2,1-3H3/t12-,13+,14-,15+,16+,17-,19-,20-,21-,22-/m1/s1. The van der Waals surface area contributed by atoms with Crippen molar-refractivity contribution in [3.05, 3.63) is 0 Å². The third-order valence-corrected chi connectivity index (χ3v) is 9.80. The Morgan fingerprint density at radius 2 is 1.80 bits per heavy atom. The van der Waals surface area contributed by atoms with Crippen molar-refractivity contribution in [2.45, 2.75) is 82.6 Å². The fourth-order valence-corrected chi connectivity index (χ4v) is 8.89. The van der Waals surface area contributed by atoms with Gasteiger partial charge in [-0.2, -0.15) is 0 Å². The second-order valence-electron chi connectivity index (χ2n) is 11.3. The summed E-state index contributed by atoms with van der Waals surface area (Å²) in [5.41, 5.74) is -4.32. The first-order valence-corrected chi connectivity index (χ1v) is 11.2. The van der Waals surface area contributed by atoms with Gasteiger partial charge in [-0.1, -0.05) is 20.3 Å². The van der Waals surface area contributed by atoms with Crippen molar-refractivity contribution in [1.29, 1.82) is 0 Å². The minimum atomic E-state index is -2.20. The Morgan fingerprint density at radius 1 is 1.10 bits per heavy atom. The minimum absolute atomic E-state index is 0.240. The average Bonchev–Trinajstić information content (AvgIpc) is 2.75. The van der Waals surface area contributed by atoms with Crippen LogP contribution in [-0.2, 0) is 14.3 Å². The Balaban J connectivity index is 1.68. The van der Waals surface area contributed by atoms with Crippen LogP contribution in [-0.4, -0.2) is 74.4 Å². The number of fused-ring (bicyclic) bond motifs is 2. The molecular weight excluding hydrogens is 392 g/mol. The highest BCUT2D eigenvalue weighted by atomic mass is 16.6. The van der Waals surface area contributed by atoms with Gasteiger partial charge in [0, 0.05) is 24.2 Å². The lowest BCUT2D eigenvalue weighted by Crippen LogP contribution is -2.84. The van der Waals surface area contributed by atoms with Crippen LogP contribution in [0.25, 0.3) is 0 Å². The van der Waals surface area contributed by atoms with Gasteiger partial charge in [-0.25, -0.2) is 0 Å². The second-order valence-corrected chi connectivity index (χ2v) is 11.3. The van der Waals surface area contributed by atoms with Crippen LogP contribution in [0.2, 0.25) is 0 Å². The molecule has 170 valence electrons. The predicted molar refractivity (Wildman–Crippen MR) is 103 cm³/mol. The Bertz CT molecular complexity index is 770. The van der Waals surface area contributed by atoms with Crippen molar-refractivity contribution in [2.24, 2.45) is 34.0 Å². The molecule has 0 unspecified atom stereocenters. The number of ether oxygens (including phenoxy) is 2. The molecule has 10 atom stereocenters. The zero-order valence-electron chi connectivity index (χ0n) is 17.9. The number of carbonyl (C=O) groups excluding carboxylic acids is 1. The van der Waals surface area contributed by atoms with Crippen molar-refractivity contribution in [3.8, 4) is 0 Å². The molecule has 8 nitrogen and oxygen atoms in total. The maximum atomic E-state index is 11.9. The molecule has 6 fully saturated rings. The molecule has 4 saturated carbocycles. The largest absolute Gasteiger partial charge is 0.463 e. The fourth-order valence-electron chi connectivity index (χ4n) is 8.89. The summed E-state index contributed by atoms with van der Waals surface area (Å²) in [6.07, 6.45) is -0.580. The van der Waals surface area contributed by atoms with E-state index in [0.29, 0.717) is 12.8 Å². The molecule has 0 aromatic heterocycles. The van der Waals surface area contributed by atoms with E-state index in [2.05, 4.69) is 13.8 Å². The summed E-state index contributed by atoms with van der Waals surface area (Å²) in [7, 11) is 0. The van der Waals surface area contributed by atoms with Crippen molar-refractivity contribution >= 4 is 5.97 Å². The molecule has 0 amide bonds. The van der Waals surface area contributed by atoms with Crippen molar-refractivity contribution in [3.63, 3.8) is 0 Å². The number of carbonyl (C=O) groups is 1. The molecule has 30 heavy (non-hydrogen) atoms. The number of rotatable bonds is 2. The average molecular weight is 427 g/mol. The minimum Gasteiger partial charge on any atom is -0.463 e. The molecule has 4 aliphatic carbocycles. The van der Waals surface area contributed by atoms with E-state index in [1.54, 1.807) is 0 Å². The Labute approximate surface area is 176 Å². The first-order chi connectivity index (χ1) is 13.9. The molecule has 0 aromatic carbocycles. The lowest BCUT2D eigenvalue weighted by molar-refractivity contribution is -0.469. The van der Waals surface area contributed by atoms with E-state index >= 15 is 0 Å². The summed E-state index contributed by atoms with van der Waals surface area (Å²) in [5.74, 6) is -4.17. The van der Waals surface area contributed by atoms with E-state index in [0.717, 1.165) is 19.3 Å². The van der Waals surface area contributed by atoms with Crippen LogP contribution >= 0.6 is 0 Å². The molecule has 5 N–H and O–H groups in total. The third-order valence-electron chi connectivity index (χ3n) is 9.80.